The second kappa shape index (κ2) is 8.21. The lowest BCUT2D eigenvalue weighted by Crippen LogP contribution is -2.04. The van der Waals surface area contributed by atoms with Gasteiger partial charge in [0.15, 0.2) is 0 Å². The van der Waals surface area contributed by atoms with E-state index in [2.05, 4.69) is 76.8 Å². The molecule has 0 spiro atoms. The van der Waals surface area contributed by atoms with E-state index in [1.807, 2.05) is 30.8 Å². The van der Waals surface area contributed by atoms with Crippen LogP contribution < -0.4 is 0 Å². The van der Waals surface area contributed by atoms with Gasteiger partial charge in [-0.2, -0.15) is 9.90 Å². The summed E-state index contributed by atoms with van der Waals surface area (Å²) >= 11 is 1.73. The van der Waals surface area contributed by atoms with Gasteiger partial charge in [-0.15, -0.1) is 22.0 Å². The highest BCUT2D eigenvalue weighted by molar-refractivity contribution is 7.98. The van der Waals surface area contributed by atoms with Crippen LogP contribution in [0.1, 0.15) is 36.6 Å². The van der Waals surface area contributed by atoms with E-state index in [9.17, 15) is 0 Å². The van der Waals surface area contributed by atoms with Gasteiger partial charge in [0, 0.05) is 5.75 Å². The Morgan fingerprint density at radius 2 is 1.79 bits per heavy atom. The van der Waals surface area contributed by atoms with Gasteiger partial charge in [0.25, 0.3) is 0 Å². The number of hydrogen-bond acceptors (Lipinski definition) is 5. The van der Waals surface area contributed by atoms with Crippen LogP contribution in [0.15, 0.2) is 59.8 Å². The van der Waals surface area contributed by atoms with E-state index in [0.29, 0.717) is 5.82 Å². The van der Waals surface area contributed by atoms with Crippen molar-refractivity contribution in [3.63, 3.8) is 0 Å². The average molecular weight is 405 g/mol. The molecule has 0 aliphatic rings. The first kappa shape index (κ1) is 19.4. The molecule has 6 nitrogen and oxygen atoms in total. The number of rotatable bonds is 6. The van der Waals surface area contributed by atoms with Crippen LogP contribution in [-0.4, -0.2) is 30.0 Å². The average Bonchev–Trinajstić information content (AvgIpc) is 3.36. The van der Waals surface area contributed by atoms with Crippen molar-refractivity contribution in [2.24, 2.45) is 0 Å². The molecule has 2 aromatic heterocycles. The van der Waals surface area contributed by atoms with Crippen LogP contribution in [0.25, 0.3) is 17.1 Å². The predicted octanol–water partition coefficient (Wildman–Crippen LogP) is 5.02. The molecular formula is C22H24N6S. The van der Waals surface area contributed by atoms with E-state index >= 15 is 0 Å². The molecular weight excluding hydrogens is 380 g/mol. The molecule has 4 rings (SSSR count). The maximum Gasteiger partial charge on any atom is 0.209 e. The molecule has 0 aliphatic carbocycles. The predicted molar refractivity (Wildman–Crippen MR) is 116 cm³/mol. The van der Waals surface area contributed by atoms with Crippen molar-refractivity contribution < 1.29 is 0 Å². The summed E-state index contributed by atoms with van der Waals surface area (Å²) in [6.07, 6.45) is 1.84. The van der Waals surface area contributed by atoms with Gasteiger partial charge in [-0.25, -0.2) is 4.68 Å². The van der Waals surface area contributed by atoms with Crippen LogP contribution in [0.5, 0.6) is 0 Å². The summed E-state index contributed by atoms with van der Waals surface area (Å²) < 4.78 is 1.98. The van der Waals surface area contributed by atoms with Gasteiger partial charge in [-0.1, -0.05) is 36.4 Å². The molecule has 4 aromatic rings. The third kappa shape index (κ3) is 4.10. The largest absolute Gasteiger partial charge is 0.226 e. The normalized spacial score (nSPS) is 11.3. The second-order valence-corrected chi connectivity index (χ2v) is 8.31. The molecule has 0 saturated carbocycles. The van der Waals surface area contributed by atoms with E-state index in [0.717, 1.165) is 22.0 Å². The molecule has 148 valence electrons. The van der Waals surface area contributed by atoms with Crippen LogP contribution >= 0.6 is 11.8 Å². The van der Waals surface area contributed by atoms with E-state index in [-0.39, 0.29) is 6.04 Å². The smallest absolute Gasteiger partial charge is 0.209 e. The number of nitrogens with zero attached hydrogens (tertiary/aromatic N) is 6. The first-order valence-electron chi connectivity index (χ1n) is 9.65. The first-order valence-corrected chi connectivity index (χ1v) is 10.6. The van der Waals surface area contributed by atoms with E-state index < -0.39 is 0 Å². The van der Waals surface area contributed by atoms with Crippen molar-refractivity contribution in [1.29, 1.82) is 0 Å². The molecule has 0 radical (unpaired) electrons. The summed E-state index contributed by atoms with van der Waals surface area (Å²) in [4.78, 5) is 1.63. The zero-order valence-corrected chi connectivity index (χ0v) is 17.9. The molecule has 0 unspecified atom stereocenters. The molecule has 0 amide bonds. The van der Waals surface area contributed by atoms with Gasteiger partial charge in [0.2, 0.25) is 5.82 Å². The zero-order chi connectivity index (χ0) is 20.4. The van der Waals surface area contributed by atoms with Gasteiger partial charge in [-0.05, 0) is 61.7 Å². The zero-order valence-electron chi connectivity index (χ0n) is 17.1. The quantitative estimate of drug-likeness (QED) is 0.423. The summed E-state index contributed by atoms with van der Waals surface area (Å²) in [6, 6.07) is 17.0. The van der Waals surface area contributed by atoms with Gasteiger partial charge in [-0.3, -0.25) is 0 Å². The van der Waals surface area contributed by atoms with Crippen molar-refractivity contribution in [2.75, 3.05) is 0 Å². The number of benzene rings is 2. The lowest BCUT2D eigenvalue weighted by molar-refractivity contribution is 0.455. The Morgan fingerprint density at radius 1 is 1.00 bits per heavy atom. The van der Waals surface area contributed by atoms with E-state index in [4.69, 9.17) is 0 Å². The first-order chi connectivity index (χ1) is 14.0. The Bertz CT molecular complexity index is 1110. The van der Waals surface area contributed by atoms with Crippen LogP contribution in [0, 0.1) is 13.8 Å². The SMILES string of the molecule is Cc1ccc(-n2ncc(-c3nnn(C(C)C)n3)c2SCc2ccccc2)cc1C. The molecule has 0 fully saturated rings. The minimum atomic E-state index is 0.159. The number of thioether (sulfide) groups is 1. The Kier molecular flexibility index (Phi) is 5.49. The van der Waals surface area contributed by atoms with Crippen LogP contribution in [0.4, 0.5) is 0 Å². The molecule has 0 N–H and O–H groups in total. The molecule has 0 bridgehead atoms. The highest BCUT2D eigenvalue weighted by Crippen LogP contribution is 2.34. The van der Waals surface area contributed by atoms with Crippen molar-refractivity contribution in [1.82, 2.24) is 30.0 Å². The lowest BCUT2D eigenvalue weighted by atomic mass is 10.1. The van der Waals surface area contributed by atoms with Crippen LogP contribution in [0.3, 0.4) is 0 Å². The Morgan fingerprint density at radius 3 is 2.48 bits per heavy atom. The molecule has 7 heteroatoms. The maximum atomic E-state index is 4.68. The Balaban J connectivity index is 1.76. The number of aromatic nitrogens is 6. The van der Waals surface area contributed by atoms with Crippen molar-refractivity contribution in [3.8, 4) is 17.1 Å². The number of tetrazole rings is 1. The Hall–Kier alpha value is -2.93. The summed E-state index contributed by atoms with van der Waals surface area (Å²) in [6.45, 7) is 8.31. The molecule has 0 aliphatic heterocycles. The van der Waals surface area contributed by atoms with E-state index in [1.54, 1.807) is 16.6 Å². The molecule has 29 heavy (non-hydrogen) atoms. The number of hydrogen-bond donors (Lipinski definition) is 0. The third-order valence-corrected chi connectivity index (χ3v) is 5.95. The van der Waals surface area contributed by atoms with E-state index in [1.165, 1.54) is 16.7 Å². The monoisotopic (exact) mass is 404 g/mol. The minimum absolute atomic E-state index is 0.159. The number of aryl methyl sites for hydroxylation is 2. The van der Waals surface area contributed by atoms with Gasteiger partial charge in [0.1, 0.15) is 5.03 Å². The Labute approximate surface area is 175 Å². The summed E-state index contributed by atoms with van der Waals surface area (Å²) in [5.74, 6) is 1.44. The highest BCUT2D eigenvalue weighted by Gasteiger charge is 2.19. The topological polar surface area (TPSA) is 61.4 Å². The van der Waals surface area contributed by atoms with Crippen molar-refractivity contribution >= 4 is 11.8 Å². The molecule has 2 aromatic carbocycles. The molecule has 2 heterocycles. The fourth-order valence-corrected chi connectivity index (χ4v) is 4.02. The summed E-state index contributed by atoms with van der Waals surface area (Å²) in [7, 11) is 0. The highest BCUT2D eigenvalue weighted by atomic mass is 32.2. The second-order valence-electron chi connectivity index (χ2n) is 7.35. The minimum Gasteiger partial charge on any atom is -0.226 e. The third-order valence-electron chi connectivity index (χ3n) is 4.81. The van der Waals surface area contributed by atoms with Crippen molar-refractivity contribution in [3.05, 3.63) is 71.4 Å². The van der Waals surface area contributed by atoms with Gasteiger partial charge in [0.05, 0.1) is 23.5 Å². The summed E-state index contributed by atoms with van der Waals surface area (Å²) in [5.41, 5.74) is 5.70. The maximum absolute atomic E-state index is 4.68. The standard InChI is InChI=1S/C22H24N6S/c1-15(2)28-25-21(24-26-28)20-13-23-27(19-11-10-16(3)17(4)12-19)22(20)29-14-18-8-6-5-7-9-18/h5-13,15H,14H2,1-4H3. The fraction of sp³-hybridized carbons (Fsp3) is 0.273. The fourth-order valence-electron chi connectivity index (χ4n) is 2.95. The van der Waals surface area contributed by atoms with Gasteiger partial charge < -0.3 is 0 Å². The van der Waals surface area contributed by atoms with Crippen LogP contribution in [-0.2, 0) is 5.75 Å². The molecule has 0 saturated heterocycles. The lowest BCUT2D eigenvalue weighted by Gasteiger charge is -2.10. The van der Waals surface area contributed by atoms with Gasteiger partial charge >= 0.3 is 0 Å². The van der Waals surface area contributed by atoms with Crippen LogP contribution in [0.2, 0.25) is 0 Å². The summed E-state index contributed by atoms with van der Waals surface area (Å²) in [5, 5.41) is 18.7. The molecule has 0 atom stereocenters. The van der Waals surface area contributed by atoms with Crippen molar-refractivity contribution in [2.45, 2.75) is 44.5 Å².